The molecule has 1 saturated heterocycles. The van der Waals surface area contributed by atoms with Crippen LogP contribution in [0.2, 0.25) is 0 Å². The number of likely N-dealkylation sites (tertiary alicyclic amines) is 1. The van der Waals surface area contributed by atoms with Gasteiger partial charge in [-0.2, -0.15) is 0 Å². The first-order chi connectivity index (χ1) is 12.1. The molecule has 1 aromatic heterocycles. The third kappa shape index (κ3) is 5.11. The number of hydrogen-bond donors (Lipinski definition) is 1. The number of amides is 1. The number of hydrogen-bond acceptors (Lipinski definition) is 5. The summed E-state index contributed by atoms with van der Waals surface area (Å²) in [6, 6.07) is 7.44. The second-order valence-corrected chi connectivity index (χ2v) is 7.57. The van der Waals surface area contributed by atoms with Crippen molar-refractivity contribution >= 4 is 22.4 Å². The maximum atomic E-state index is 12.3. The highest BCUT2D eigenvalue weighted by molar-refractivity contribution is 7.13. The number of anilines is 1. The zero-order chi connectivity index (χ0) is 17.6. The van der Waals surface area contributed by atoms with Gasteiger partial charge in [0.25, 0.3) is 5.91 Å². The summed E-state index contributed by atoms with van der Waals surface area (Å²) in [6.45, 7) is 5.98. The number of aromatic nitrogens is 1. The van der Waals surface area contributed by atoms with Crippen molar-refractivity contribution in [2.24, 2.45) is 5.92 Å². The Bertz CT molecular complexity index is 699. The summed E-state index contributed by atoms with van der Waals surface area (Å²) in [7, 11) is 1.66. The highest BCUT2D eigenvalue weighted by atomic mass is 32.1. The number of rotatable bonds is 6. The lowest BCUT2D eigenvalue weighted by molar-refractivity contribution is 0.102. The number of carbonyl (C=O) groups excluding carboxylic acids is 1. The zero-order valence-corrected chi connectivity index (χ0v) is 15.6. The van der Waals surface area contributed by atoms with Gasteiger partial charge in [-0.3, -0.25) is 15.0 Å². The van der Waals surface area contributed by atoms with E-state index in [-0.39, 0.29) is 5.91 Å². The van der Waals surface area contributed by atoms with Crippen LogP contribution in [-0.2, 0) is 17.9 Å². The Kier molecular flexibility index (Phi) is 6.18. The van der Waals surface area contributed by atoms with Gasteiger partial charge in [0, 0.05) is 31.1 Å². The van der Waals surface area contributed by atoms with Crippen LogP contribution in [-0.4, -0.2) is 36.0 Å². The fourth-order valence-corrected chi connectivity index (χ4v) is 3.88. The van der Waals surface area contributed by atoms with E-state index in [4.69, 9.17) is 4.74 Å². The lowest BCUT2D eigenvalue weighted by atomic mass is 10.0. The number of carbonyl (C=O) groups is 1. The molecule has 6 heteroatoms. The Morgan fingerprint density at radius 2 is 2.20 bits per heavy atom. The largest absolute Gasteiger partial charge is 0.380 e. The number of benzene rings is 1. The maximum absolute atomic E-state index is 12.3. The van der Waals surface area contributed by atoms with Crippen LogP contribution in [0.4, 0.5) is 5.13 Å². The lowest BCUT2D eigenvalue weighted by Gasteiger charge is -2.30. The normalized spacial score (nSPS) is 18.2. The van der Waals surface area contributed by atoms with Gasteiger partial charge in [-0.05, 0) is 43.0 Å². The SMILES string of the molecule is COCc1ccc(C(=O)Nc2nc(CN3CCC[C@H](C)C3)cs2)cc1. The van der Waals surface area contributed by atoms with Gasteiger partial charge in [0.1, 0.15) is 0 Å². The molecule has 0 spiro atoms. The van der Waals surface area contributed by atoms with Crippen molar-refractivity contribution < 1.29 is 9.53 Å². The first-order valence-electron chi connectivity index (χ1n) is 8.70. The van der Waals surface area contributed by atoms with Gasteiger partial charge in [-0.1, -0.05) is 19.1 Å². The molecule has 1 atom stereocenters. The van der Waals surface area contributed by atoms with Crippen LogP contribution in [0.3, 0.4) is 0 Å². The average Bonchev–Trinajstić information content (AvgIpc) is 3.02. The van der Waals surface area contributed by atoms with Gasteiger partial charge in [0.15, 0.2) is 5.13 Å². The van der Waals surface area contributed by atoms with Crippen LogP contribution in [0.15, 0.2) is 29.6 Å². The lowest BCUT2D eigenvalue weighted by Crippen LogP contribution is -2.33. The molecule has 2 aromatic rings. The molecule has 25 heavy (non-hydrogen) atoms. The summed E-state index contributed by atoms with van der Waals surface area (Å²) in [5.74, 6) is 0.629. The Morgan fingerprint density at radius 3 is 2.92 bits per heavy atom. The summed E-state index contributed by atoms with van der Waals surface area (Å²) in [5.41, 5.74) is 2.71. The monoisotopic (exact) mass is 359 g/mol. The fraction of sp³-hybridized carbons (Fsp3) is 0.474. The molecular formula is C19H25N3O2S. The molecule has 1 fully saturated rings. The Morgan fingerprint density at radius 1 is 1.40 bits per heavy atom. The minimum Gasteiger partial charge on any atom is -0.380 e. The molecule has 2 heterocycles. The van der Waals surface area contributed by atoms with Crippen molar-refractivity contribution in [1.29, 1.82) is 0 Å². The van der Waals surface area contributed by atoms with Crippen molar-refractivity contribution in [2.45, 2.75) is 32.9 Å². The Balaban J connectivity index is 1.56. The van der Waals surface area contributed by atoms with Crippen LogP contribution in [0, 0.1) is 5.92 Å². The van der Waals surface area contributed by atoms with Gasteiger partial charge in [0.05, 0.1) is 12.3 Å². The number of piperidine rings is 1. The van der Waals surface area contributed by atoms with Crippen molar-refractivity contribution in [3.05, 3.63) is 46.5 Å². The summed E-state index contributed by atoms with van der Waals surface area (Å²) in [4.78, 5) is 19.4. The highest BCUT2D eigenvalue weighted by Crippen LogP contribution is 2.21. The first kappa shape index (κ1) is 18.0. The van der Waals surface area contributed by atoms with E-state index < -0.39 is 0 Å². The summed E-state index contributed by atoms with van der Waals surface area (Å²) in [5, 5.41) is 5.59. The minimum absolute atomic E-state index is 0.128. The van der Waals surface area contributed by atoms with E-state index in [1.54, 1.807) is 7.11 Å². The molecule has 3 rings (SSSR count). The van der Waals surface area contributed by atoms with E-state index in [1.807, 2.05) is 29.6 Å². The molecule has 1 aromatic carbocycles. The van der Waals surface area contributed by atoms with Gasteiger partial charge in [-0.25, -0.2) is 4.98 Å². The van der Waals surface area contributed by atoms with E-state index in [0.29, 0.717) is 17.3 Å². The quantitative estimate of drug-likeness (QED) is 0.853. The predicted octanol–water partition coefficient (Wildman–Crippen LogP) is 3.77. The van der Waals surface area contributed by atoms with Crippen LogP contribution in [0.25, 0.3) is 0 Å². The molecule has 1 aliphatic rings. The van der Waals surface area contributed by atoms with Crippen molar-refractivity contribution in [3.63, 3.8) is 0 Å². The average molecular weight is 359 g/mol. The molecule has 0 aliphatic carbocycles. The fourth-order valence-electron chi connectivity index (χ4n) is 3.18. The molecule has 1 aliphatic heterocycles. The number of thiazole rings is 1. The molecule has 1 N–H and O–H groups in total. The zero-order valence-electron chi connectivity index (χ0n) is 14.8. The predicted molar refractivity (Wildman–Crippen MR) is 101 cm³/mol. The van der Waals surface area contributed by atoms with Crippen molar-refractivity contribution in [2.75, 3.05) is 25.5 Å². The van der Waals surface area contributed by atoms with Crippen molar-refractivity contribution in [3.8, 4) is 0 Å². The molecular weight excluding hydrogens is 334 g/mol. The third-order valence-electron chi connectivity index (χ3n) is 4.43. The summed E-state index contributed by atoms with van der Waals surface area (Å²) >= 11 is 1.48. The van der Waals surface area contributed by atoms with Crippen LogP contribution >= 0.6 is 11.3 Å². The maximum Gasteiger partial charge on any atom is 0.257 e. The minimum atomic E-state index is -0.128. The molecule has 134 valence electrons. The summed E-state index contributed by atoms with van der Waals surface area (Å²) < 4.78 is 5.08. The number of nitrogens with one attached hydrogen (secondary N) is 1. The van der Waals surface area contributed by atoms with Crippen molar-refractivity contribution in [1.82, 2.24) is 9.88 Å². The first-order valence-corrected chi connectivity index (χ1v) is 9.58. The molecule has 5 nitrogen and oxygen atoms in total. The van der Waals surface area contributed by atoms with Gasteiger partial charge < -0.3 is 4.74 Å². The molecule has 0 unspecified atom stereocenters. The number of methoxy groups -OCH3 is 1. The van der Waals surface area contributed by atoms with Gasteiger partial charge >= 0.3 is 0 Å². The second-order valence-electron chi connectivity index (χ2n) is 6.71. The van der Waals surface area contributed by atoms with Crippen LogP contribution < -0.4 is 5.32 Å². The standard InChI is InChI=1S/C19H25N3O2S/c1-14-4-3-9-22(10-14)11-17-13-25-19(20-17)21-18(23)16-7-5-15(6-8-16)12-24-2/h5-8,13-14H,3-4,9-12H2,1-2H3,(H,20,21,23)/t14-/m0/s1. The molecule has 0 radical (unpaired) electrons. The topological polar surface area (TPSA) is 54.5 Å². The highest BCUT2D eigenvalue weighted by Gasteiger charge is 2.17. The molecule has 1 amide bonds. The second kappa shape index (κ2) is 8.56. The molecule has 0 bridgehead atoms. The molecule has 0 saturated carbocycles. The van der Waals surface area contributed by atoms with E-state index in [2.05, 4.69) is 22.1 Å². The van der Waals surface area contributed by atoms with Gasteiger partial charge in [-0.15, -0.1) is 11.3 Å². The number of ether oxygens (including phenoxy) is 1. The van der Waals surface area contributed by atoms with E-state index >= 15 is 0 Å². The van der Waals surface area contributed by atoms with E-state index in [9.17, 15) is 4.79 Å². The van der Waals surface area contributed by atoms with Gasteiger partial charge in [0.2, 0.25) is 0 Å². The Hall–Kier alpha value is -1.76. The Labute approximate surface area is 153 Å². The smallest absolute Gasteiger partial charge is 0.257 e. The van der Waals surface area contributed by atoms with Crippen LogP contribution in [0.1, 0.15) is 41.4 Å². The number of nitrogens with zero attached hydrogens (tertiary/aromatic N) is 2. The van der Waals surface area contributed by atoms with E-state index in [0.717, 1.165) is 36.8 Å². The summed E-state index contributed by atoms with van der Waals surface area (Å²) in [6.07, 6.45) is 2.58. The third-order valence-corrected chi connectivity index (χ3v) is 5.23. The van der Waals surface area contributed by atoms with E-state index in [1.165, 1.54) is 24.2 Å². The van der Waals surface area contributed by atoms with Crippen LogP contribution in [0.5, 0.6) is 0 Å².